The van der Waals surface area contributed by atoms with Crippen molar-refractivity contribution >= 4 is 22.8 Å². The molecule has 0 N–H and O–H groups in total. The van der Waals surface area contributed by atoms with Crippen molar-refractivity contribution in [2.45, 2.75) is 46.4 Å². The van der Waals surface area contributed by atoms with Gasteiger partial charge in [-0.25, -0.2) is 4.79 Å². The normalized spacial score (nSPS) is 11.5. The van der Waals surface area contributed by atoms with Crippen LogP contribution in [-0.4, -0.2) is 35.8 Å². The summed E-state index contributed by atoms with van der Waals surface area (Å²) in [5.41, 5.74) is 0.822. The fourth-order valence-electron chi connectivity index (χ4n) is 4.45. The summed E-state index contributed by atoms with van der Waals surface area (Å²) in [7, 11) is 0. The van der Waals surface area contributed by atoms with Crippen LogP contribution < -0.4 is 9.47 Å². The monoisotopic (exact) mass is 569 g/mol. The van der Waals surface area contributed by atoms with Crippen molar-refractivity contribution in [1.82, 2.24) is 4.57 Å². The van der Waals surface area contributed by atoms with E-state index in [0.717, 1.165) is 12.1 Å². The summed E-state index contributed by atoms with van der Waals surface area (Å²) in [4.78, 5) is 26.0. The molecule has 0 aliphatic rings. The highest BCUT2D eigenvalue weighted by atomic mass is 19.4. The minimum atomic E-state index is -4.53. The van der Waals surface area contributed by atoms with Crippen molar-refractivity contribution in [2.75, 3.05) is 13.2 Å². The predicted molar refractivity (Wildman–Crippen MR) is 147 cm³/mol. The van der Waals surface area contributed by atoms with Crippen LogP contribution in [0, 0.1) is 0 Å². The number of fused-ring (bicyclic) bond motifs is 1. The second kappa shape index (κ2) is 12.4. The van der Waals surface area contributed by atoms with Crippen LogP contribution in [0.4, 0.5) is 13.2 Å². The molecule has 4 aromatic rings. The number of ether oxygens (including phenoxy) is 4. The number of hydrogen-bond acceptors (Lipinski definition) is 6. The number of esters is 2. The maximum atomic E-state index is 13.3. The Morgan fingerprint density at radius 1 is 0.854 bits per heavy atom. The molecular formula is C31H30F3NO6. The molecule has 41 heavy (non-hydrogen) atoms. The summed E-state index contributed by atoms with van der Waals surface area (Å²) in [5, 5.41) is 0.398. The van der Waals surface area contributed by atoms with E-state index in [2.05, 4.69) is 0 Å². The van der Waals surface area contributed by atoms with Crippen molar-refractivity contribution in [3.8, 4) is 22.9 Å². The Hall–Kier alpha value is -4.47. The Morgan fingerprint density at radius 3 is 2.15 bits per heavy atom. The fourth-order valence-corrected chi connectivity index (χ4v) is 4.45. The van der Waals surface area contributed by atoms with E-state index in [-0.39, 0.29) is 42.8 Å². The first-order valence-electron chi connectivity index (χ1n) is 13.1. The second-order valence-electron chi connectivity index (χ2n) is 9.33. The van der Waals surface area contributed by atoms with E-state index in [1.807, 2.05) is 13.8 Å². The van der Waals surface area contributed by atoms with Gasteiger partial charge in [0, 0.05) is 16.8 Å². The molecule has 3 aromatic carbocycles. The zero-order chi connectivity index (χ0) is 29.7. The molecule has 10 heteroatoms. The topological polar surface area (TPSA) is 76.0 Å². The van der Waals surface area contributed by atoms with E-state index in [1.54, 1.807) is 60.9 Å². The van der Waals surface area contributed by atoms with Crippen LogP contribution >= 0.6 is 0 Å². The molecule has 0 radical (unpaired) electrons. The minimum Gasteiger partial charge on any atom is -0.491 e. The molecule has 4 rings (SSSR count). The third-order valence-electron chi connectivity index (χ3n) is 6.00. The lowest BCUT2D eigenvalue weighted by molar-refractivity contribution is -0.142. The number of halogens is 3. The molecule has 216 valence electrons. The van der Waals surface area contributed by atoms with Crippen molar-refractivity contribution in [1.29, 1.82) is 0 Å². The van der Waals surface area contributed by atoms with Crippen LogP contribution in [0.2, 0.25) is 0 Å². The number of nitrogens with zero attached hydrogens (tertiary/aromatic N) is 1. The van der Waals surface area contributed by atoms with Gasteiger partial charge in [0.15, 0.2) is 0 Å². The average molecular weight is 570 g/mol. The van der Waals surface area contributed by atoms with Crippen LogP contribution in [-0.2, 0) is 26.9 Å². The van der Waals surface area contributed by atoms with Gasteiger partial charge in [-0.15, -0.1) is 0 Å². The van der Waals surface area contributed by atoms with E-state index in [1.165, 1.54) is 12.1 Å². The number of benzene rings is 3. The molecule has 0 saturated carbocycles. The zero-order valence-corrected chi connectivity index (χ0v) is 23.1. The van der Waals surface area contributed by atoms with E-state index in [4.69, 9.17) is 18.9 Å². The number of carbonyl (C=O) groups excluding carboxylic acids is 2. The lowest BCUT2D eigenvalue weighted by atomic mass is 10.1. The number of aromatic nitrogens is 1. The van der Waals surface area contributed by atoms with Crippen molar-refractivity contribution in [3.05, 3.63) is 83.6 Å². The van der Waals surface area contributed by atoms with Crippen LogP contribution in [0.5, 0.6) is 17.2 Å². The Kier molecular flexibility index (Phi) is 8.90. The molecule has 0 aliphatic carbocycles. The van der Waals surface area contributed by atoms with Crippen molar-refractivity contribution in [3.63, 3.8) is 0 Å². The highest BCUT2D eigenvalue weighted by Crippen LogP contribution is 2.37. The molecule has 1 heterocycles. The highest BCUT2D eigenvalue weighted by molar-refractivity contribution is 6.07. The molecule has 7 nitrogen and oxygen atoms in total. The molecule has 0 aliphatic heterocycles. The van der Waals surface area contributed by atoms with E-state index in [0.29, 0.717) is 28.0 Å². The summed E-state index contributed by atoms with van der Waals surface area (Å²) in [6.45, 7) is 7.42. The Morgan fingerprint density at radius 2 is 1.51 bits per heavy atom. The second-order valence-corrected chi connectivity index (χ2v) is 9.33. The van der Waals surface area contributed by atoms with Crippen LogP contribution in [0.25, 0.3) is 16.6 Å². The van der Waals surface area contributed by atoms with Gasteiger partial charge < -0.3 is 23.5 Å². The SMILES string of the molecule is CCOC(=O)Cc1c(C(=O)OCC)c2cc(Oc3cccc(C(F)(F)F)c3)ccc2n1-c1ccc(OC(C)C)cc1. The van der Waals surface area contributed by atoms with Gasteiger partial charge in [-0.3, -0.25) is 4.79 Å². The van der Waals surface area contributed by atoms with Gasteiger partial charge in [-0.05, 0) is 88.4 Å². The first kappa shape index (κ1) is 29.5. The summed E-state index contributed by atoms with van der Waals surface area (Å²) in [6.07, 6.45) is -4.79. The van der Waals surface area contributed by atoms with Gasteiger partial charge in [-0.2, -0.15) is 13.2 Å². The number of carbonyl (C=O) groups is 2. The van der Waals surface area contributed by atoms with Gasteiger partial charge in [-0.1, -0.05) is 6.07 Å². The lowest BCUT2D eigenvalue weighted by Gasteiger charge is -2.14. The smallest absolute Gasteiger partial charge is 0.416 e. The first-order chi connectivity index (χ1) is 19.5. The molecular weight excluding hydrogens is 539 g/mol. The molecule has 0 spiro atoms. The van der Waals surface area contributed by atoms with Crippen LogP contribution in [0.3, 0.4) is 0 Å². The van der Waals surface area contributed by atoms with E-state index < -0.39 is 23.7 Å². The van der Waals surface area contributed by atoms with Gasteiger partial charge in [0.2, 0.25) is 0 Å². The van der Waals surface area contributed by atoms with E-state index in [9.17, 15) is 22.8 Å². The summed E-state index contributed by atoms with van der Waals surface area (Å²) in [6, 6.07) is 16.5. The summed E-state index contributed by atoms with van der Waals surface area (Å²) < 4.78 is 63.5. The Labute approximate surface area is 235 Å². The highest BCUT2D eigenvalue weighted by Gasteiger charge is 2.31. The molecule has 0 saturated heterocycles. The Balaban J connectivity index is 1.89. The average Bonchev–Trinajstić information content (AvgIpc) is 3.21. The predicted octanol–water partition coefficient (Wildman–Crippen LogP) is 7.51. The standard InChI is InChI=1S/C31H30F3NO6/c1-5-38-28(36)18-27-29(30(37)39-6-2)25-17-24(41-23-9-7-8-20(16-23)31(32,33)34)14-15-26(25)35(27)21-10-12-22(13-11-21)40-19(3)4/h7-17,19H,5-6,18H2,1-4H3. The maximum Gasteiger partial charge on any atom is 0.416 e. The molecule has 0 unspecified atom stereocenters. The van der Waals surface area contributed by atoms with Gasteiger partial charge in [0.1, 0.15) is 17.2 Å². The third-order valence-corrected chi connectivity index (χ3v) is 6.00. The zero-order valence-electron chi connectivity index (χ0n) is 23.1. The molecule has 0 amide bonds. The number of hydrogen-bond donors (Lipinski definition) is 0. The number of rotatable bonds is 10. The quantitative estimate of drug-likeness (QED) is 0.184. The van der Waals surface area contributed by atoms with Crippen LogP contribution in [0.15, 0.2) is 66.7 Å². The molecule has 0 bridgehead atoms. The van der Waals surface area contributed by atoms with Gasteiger partial charge in [0.05, 0.1) is 42.4 Å². The molecule has 0 atom stereocenters. The molecule has 1 aromatic heterocycles. The first-order valence-corrected chi connectivity index (χ1v) is 13.1. The van der Waals surface area contributed by atoms with E-state index >= 15 is 0 Å². The minimum absolute atomic E-state index is 0.0243. The maximum absolute atomic E-state index is 13.3. The molecule has 0 fully saturated rings. The van der Waals surface area contributed by atoms with Crippen molar-refractivity contribution < 1.29 is 41.7 Å². The summed E-state index contributed by atoms with van der Waals surface area (Å²) in [5.74, 6) is -0.380. The fraction of sp³-hybridized carbons (Fsp3) is 0.290. The summed E-state index contributed by atoms with van der Waals surface area (Å²) >= 11 is 0. The third kappa shape index (κ3) is 6.82. The largest absolute Gasteiger partial charge is 0.491 e. The van der Waals surface area contributed by atoms with Gasteiger partial charge >= 0.3 is 18.1 Å². The lowest BCUT2D eigenvalue weighted by Crippen LogP contribution is -2.15. The van der Waals surface area contributed by atoms with Crippen molar-refractivity contribution in [2.24, 2.45) is 0 Å². The number of alkyl halides is 3. The van der Waals surface area contributed by atoms with Crippen LogP contribution in [0.1, 0.15) is 49.3 Å². The Bertz CT molecular complexity index is 1540. The van der Waals surface area contributed by atoms with Gasteiger partial charge in [0.25, 0.3) is 0 Å².